The minimum absolute atomic E-state index is 0.0806. The zero-order valence-corrected chi connectivity index (χ0v) is 13.1. The van der Waals surface area contributed by atoms with Gasteiger partial charge in [-0.05, 0) is 18.0 Å². The first kappa shape index (κ1) is 14.5. The Morgan fingerprint density at radius 1 is 1.48 bits per heavy atom. The van der Waals surface area contributed by atoms with Crippen LogP contribution in [0.3, 0.4) is 0 Å². The SMILES string of the molecule is CCN(CCO)C(c1cccs1)c1sc2ncnn2c1O. The average Bonchev–Trinajstić information content (AvgIpc) is 3.19. The minimum Gasteiger partial charge on any atom is -0.492 e. The van der Waals surface area contributed by atoms with Gasteiger partial charge in [-0.2, -0.15) is 9.61 Å². The van der Waals surface area contributed by atoms with E-state index < -0.39 is 0 Å². The molecule has 0 bridgehead atoms. The number of rotatable bonds is 6. The van der Waals surface area contributed by atoms with Gasteiger partial charge in [0.15, 0.2) is 0 Å². The highest BCUT2D eigenvalue weighted by molar-refractivity contribution is 7.17. The molecule has 2 N–H and O–H groups in total. The van der Waals surface area contributed by atoms with Crippen molar-refractivity contribution >= 4 is 27.6 Å². The van der Waals surface area contributed by atoms with Gasteiger partial charge in [-0.3, -0.25) is 4.90 Å². The second-order valence-corrected chi connectivity index (χ2v) is 6.50. The number of aromatic nitrogens is 3. The van der Waals surface area contributed by atoms with Crippen molar-refractivity contribution in [2.75, 3.05) is 19.7 Å². The summed E-state index contributed by atoms with van der Waals surface area (Å²) in [7, 11) is 0. The second kappa shape index (κ2) is 6.10. The molecular weight excluding hydrogens is 308 g/mol. The van der Waals surface area contributed by atoms with Crippen LogP contribution in [-0.4, -0.2) is 49.4 Å². The monoisotopic (exact) mass is 324 g/mol. The zero-order chi connectivity index (χ0) is 14.8. The van der Waals surface area contributed by atoms with E-state index in [1.165, 1.54) is 22.2 Å². The summed E-state index contributed by atoms with van der Waals surface area (Å²) in [4.78, 5) is 8.89. The van der Waals surface area contributed by atoms with Gasteiger partial charge in [-0.15, -0.1) is 11.3 Å². The molecule has 0 aliphatic carbocycles. The highest BCUT2D eigenvalue weighted by Crippen LogP contribution is 2.40. The van der Waals surface area contributed by atoms with Gasteiger partial charge in [-0.25, -0.2) is 4.98 Å². The first-order valence-corrected chi connectivity index (χ1v) is 8.35. The van der Waals surface area contributed by atoms with E-state index in [2.05, 4.69) is 15.0 Å². The predicted molar refractivity (Wildman–Crippen MR) is 83.0 cm³/mol. The lowest BCUT2D eigenvalue weighted by molar-refractivity contribution is 0.175. The summed E-state index contributed by atoms with van der Waals surface area (Å²) in [5.41, 5.74) is 0. The molecule has 0 spiro atoms. The van der Waals surface area contributed by atoms with Crippen LogP contribution in [0.25, 0.3) is 4.96 Å². The van der Waals surface area contributed by atoms with Crippen molar-refractivity contribution in [3.8, 4) is 5.88 Å². The van der Waals surface area contributed by atoms with Crippen LogP contribution >= 0.6 is 22.7 Å². The Labute approximate surface area is 129 Å². The topological polar surface area (TPSA) is 73.9 Å². The van der Waals surface area contributed by atoms with Crippen molar-refractivity contribution in [2.24, 2.45) is 0 Å². The van der Waals surface area contributed by atoms with Crippen LogP contribution < -0.4 is 0 Å². The maximum absolute atomic E-state index is 10.4. The van der Waals surface area contributed by atoms with Gasteiger partial charge >= 0.3 is 0 Å². The summed E-state index contributed by atoms with van der Waals surface area (Å²) in [6.45, 7) is 3.45. The van der Waals surface area contributed by atoms with E-state index in [9.17, 15) is 10.2 Å². The maximum Gasteiger partial charge on any atom is 0.230 e. The molecule has 3 rings (SSSR count). The van der Waals surface area contributed by atoms with Crippen molar-refractivity contribution in [3.63, 3.8) is 0 Å². The molecule has 112 valence electrons. The number of fused-ring (bicyclic) bond motifs is 1. The van der Waals surface area contributed by atoms with Crippen LogP contribution in [0, 0.1) is 0 Å². The molecule has 3 aromatic heterocycles. The molecule has 3 heterocycles. The van der Waals surface area contributed by atoms with Gasteiger partial charge in [0.1, 0.15) is 6.33 Å². The number of thiophene rings is 1. The third-order valence-corrected chi connectivity index (χ3v) is 5.37. The van der Waals surface area contributed by atoms with E-state index in [0.29, 0.717) is 11.5 Å². The predicted octanol–water partition coefficient (Wildman–Crippen LogP) is 1.96. The summed E-state index contributed by atoms with van der Waals surface area (Å²) in [5.74, 6) is 0.127. The number of likely N-dealkylation sites (N-methyl/N-ethyl adjacent to an activating group) is 1. The molecule has 0 saturated carbocycles. The van der Waals surface area contributed by atoms with Crippen LogP contribution in [0.5, 0.6) is 5.88 Å². The van der Waals surface area contributed by atoms with E-state index in [0.717, 1.165) is 16.3 Å². The Balaban J connectivity index is 2.09. The molecule has 3 aromatic rings. The van der Waals surface area contributed by atoms with E-state index in [-0.39, 0.29) is 18.5 Å². The van der Waals surface area contributed by atoms with Crippen molar-refractivity contribution in [2.45, 2.75) is 13.0 Å². The molecule has 0 saturated heterocycles. The van der Waals surface area contributed by atoms with E-state index in [1.54, 1.807) is 11.3 Å². The Morgan fingerprint density at radius 2 is 2.33 bits per heavy atom. The van der Waals surface area contributed by atoms with E-state index >= 15 is 0 Å². The normalized spacial score (nSPS) is 13.3. The summed E-state index contributed by atoms with van der Waals surface area (Å²) in [6.07, 6.45) is 1.43. The molecule has 1 atom stereocenters. The summed E-state index contributed by atoms with van der Waals surface area (Å²) in [5, 5.41) is 25.8. The van der Waals surface area contributed by atoms with Gasteiger partial charge in [0.2, 0.25) is 10.8 Å². The number of aliphatic hydroxyl groups excluding tert-OH is 1. The number of hydrogen-bond donors (Lipinski definition) is 2. The molecule has 0 aliphatic rings. The number of thiazole rings is 1. The second-order valence-electron chi connectivity index (χ2n) is 4.51. The zero-order valence-electron chi connectivity index (χ0n) is 11.5. The Morgan fingerprint density at radius 3 is 2.95 bits per heavy atom. The fraction of sp³-hybridized carbons (Fsp3) is 0.385. The van der Waals surface area contributed by atoms with Gasteiger partial charge in [0.25, 0.3) is 0 Å². The molecule has 0 aliphatic heterocycles. The van der Waals surface area contributed by atoms with E-state index in [1.807, 2.05) is 24.4 Å². The average molecular weight is 324 g/mol. The molecule has 1 unspecified atom stereocenters. The Bertz CT molecular complexity index is 707. The molecular formula is C13H16N4O2S2. The third-order valence-electron chi connectivity index (χ3n) is 3.36. The standard InChI is InChI=1S/C13H16N4O2S2/c1-2-16(5-6-18)10(9-4-3-7-20-9)11-12(19)17-13(21-11)14-8-15-17/h3-4,7-8,10,18-19H,2,5-6H2,1H3. The van der Waals surface area contributed by atoms with E-state index in [4.69, 9.17) is 0 Å². The minimum atomic E-state index is -0.0874. The molecule has 0 aromatic carbocycles. The van der Waals surface area contributed by atoms with Gasteiger partial charge in [-0.1, -0.05) is 24.3 Å². The molecule has 0 radical (unpaired) electrons. The van der Waals surface area contributed by atoms with Gasteiger partial charge < -0.3 is 10.2 Å². The fourth-order valence-corrected chi connectivity index (χ4v) is 4.42. The first-order valence-electron chi connectivity index (χ1n) is 6.66. The van der Waals surface area contributed by atoms with Crippen LogP contribution in [0.1, 0.15) is 22.7 Å². The molecule has 8 heteroatoms. The van der Waals surface area contributed by atoms with Gasteiger partial charge in [0, 0.05) is 11.4 Å². The summed E-state index contributed by atoms with van der Waals surface area (Å²) >= 11 is 3.07. The maximum atomic E-state index is 10.4. The number of aliphatic hydroxyl groups is 1. The van der Waals surface area contributed by atoms with Crippen molar-refractivity contribution in [1.29, 1.82) is 0 Å². The number of aromatic hydroxyl groups is 1. The third kappa shape index (κ3) is 2.55. The summed E-state index contributed by atoms with van der Waals surface area (Å²) < 4.78 is 1.45. The smallest absolute Gasteiger partial charge is 0.230 e. The molecule has 0 amide bonds. The Hall–Kier alpha value is -1.48. The number of nitrogens with zero attached hydrogens (tertiary/aromatic N) is 4. The van der Waals surface area contributed by atoms with Crippen molar-refractivity contribution in [1.82, 2.24) is 19.5 Å². The van der Waals surface area contributed by atoms with Crippen LogP contribution in [0.15, 0.2) is 23.8 Å². The lowest BCUT2D eigenvalue weighted by Crippen LogP contribution is -2.31. The Kier molecular flexibility index (Phi) is 4.20. The highest BCUT2D eigenvalue weighted by Gasteiger charge is 2.28. The van der Waals surface area contributed by atoms with Crippen LogP contribution in [-0.2, 0) is 0 Å². The van der Waals surface area contributed by atoms with Crippen LogP contribution in [0.2, 0.25) is 0 Å². The fourth-order valence-electron chi connectivity index (χ4n) is 2.39. The lowest BCUT2D eigenvalue weighted by atomic mass is 10.1. The van der Waals surface area contributed by atoms with Gasteiger partial charge in [0.05, 0.1) is 17.5 Å². The summed E-state index contributed by atoms with van der Waals surface area (Å²) in [6, 6.07) is 3.95. The quantitative estimate of drug-likeness (QED) is 0.725. The molecule has 0 fully saturated rings. The highest BCUT2D eigenvalue weighted by atomic mass is 32.1. The largest absolute Gasteiger partial charge is 0.492 e. The lowest BCUT2D eigenvalue weighted by Gasteiger charge is -2.28. The molecule has 21 heavy (non-hydrogen) atoms. The van der Waals surface area contributed by atoms with Crippen molar-refractivity contribution in [3.05, 3.63) is 33.6 Å². The number of hydrogen-bond acceptors (Lipinski definition) is 7. The molecule has 6 nitrogen and oxygen atoms in total. The van der Waals surface area contributed by atoms with Crippen molar-refractivity contribution < 1.29 is 10.2 Å². The van der Waals surface area contributed by atoms with Crippen LogP contribution in [0.4, 0.5) is 0 Å². The first-order chi connectivity index (χ1) is 10.3.